The van der Waals surface area contributed by atoms with Gasteiger partial charge in [0.15, 0.2) is 5.75 Å². The predicted molar refractivity (Wildman–Crippen MR) is 77.3 cm³/mol. The number of fused-ring (bicyclic) bond motifs is 1. The molecule has 1 aromatic heterocycles. The minimum atomic E-state index is -0.626. The average molecular weight is 279 g/mol. The van der Waals surface area contributed by atoms with Gasteiger partial charge in [-0.1, -0.05) is 0 Å². The molecular weight excluding hydrogens is 269 g/mol. The van der Waals surface area contributed by atoms with E-state index in [1.165, 1.54) is 12.1 Å². The van der Waals surface area contributed by atoms with Gasteiger partial charge in [0.25, 0.3) is 0 Å². The normalized spacial score (nSPS) is 10.3. The second-order valence-electron chi connectivity index (χ2n) is 4.43. The van der Waals surface area contributed by atoms with Crippen LogP contribution in [0.4, 0.5) is 10.1 Å². The highest BCUT2D eigenvalue weighted by Gasteiger charge is 2.09. The number of nitrogens with two attached hydrogens (primary N) is 1. The first kappa shape index (κ1) is 12.9. The van der Waals surface area contributed by atoms with E-state index in [2.05, 4.69) is 4.98 Å². The van der Waals surface area contributed by atoms with Gasteiger partial charge in [0.2, 0.25) is 0 Å². The van der Waals surface area contributed by atoms with Gasteiger partial charge >= 0.3 is 0 Å². The molecule has 2 N–H and O–H groups in total. The SMILES string of the molecule is N#Cc1ccc(Oc2ccc3cnccc3c2N)cc1F. The Morgan fingerprint density at radius 1 is 1.19 bits per heavy atom. The van der Waals surface area contributed by atoms with Crippen LogP contribution in [0.3, 0.4) is 0 Å². The van der Waals surface area contributed by atoms with Crippen LogP contribution in [0.1, 0.15) is 5.56 Å². The van der Waals surface area contributed by atoms with Crippen molar-refractivity contribution in [2.24, 2.45) is 0 Å². The summed E-state index contributed by atoms with van der Waals surface area (Å²) in [5, 5.41) is 10.4. The van der Waals surface area contributed by atoms with E-state index in [-0.39, 0.29) is 11.3 Å². The number of anilines is 1. The summed E-state index contributed by atoms with van der Waals surface area (Å²) in [5.41, 5.74) is 6.49. The Morgan fingerprint density at radius 2 is 2.05 bits per heavy atom. The molecule has 0 fully saturated rings. The van der Waals surface area contributed by atoms with Crippen molar-refractivity contribution < 1.29 is 9.13 Å². The van der Waals surface area contributed by atoms with Crippen LogP contribution in [0, 0.1) is 17.1 Å². The van der Waals surface area contributed by atoms with Crippen molar-refractivity contribution in [2.45, 2.75) is 0 Å². The summed E-state index contributed by atoms with van der Waals surface area (Å²) in [6, 6.07) is 11.1. The molecule has 21 heavy (non-hydrogen) atoms. The molecule has 0 aliphatic heterocycles. The summed E-state index contributed by atoms with van der Waals surface area (Å²) in [6.45, 7) is 0. The van der Waals surface area contributed by atoms with Crippen LogP contribution in [0.2, 0.25) is 0 Å². The van der Waals surface area contributed by atoms with E-state index in [0.29, 0.717) is 11.4 Å². The van der Waals surface area contributed by atoms with E-state index in [9.17, 15) is 4.39 Å². The van der Waals surface area contributed by atoms with Crippen molar-refractivity contribution in [1.82, 2.24) is 4.98 Å². The summed E-state index contributed by atoms with van der Waals surface area (Å²) in [5.74, 6) is 0.0861. The monoisotopic (exact) mass is 279 g/mol. The summed E-state index contributed by atoms with van der Waals surface area (Å²) >= 11 is 0. The van der Waals surface area contributed by atoms with Gasteiger partial charge in [0.1, 0.15) is 17.6 Å². The zero-order chi connectivity index (χ0) is 14.8. The van der Waals surface area contributed by atoms with Gasteiger partial charge in [-0.25, -0.2) is 4.39 Å². The maximum Gasteiger partial charge on any atom is 0.150 e. The maximum atomic E-state index is 13.6. The standard InChI is InChI=1S/C16H10FN3O/c17-14-7-12(3-1-10(14)8-18)21-15-4-2-11-9-20-6-5-13(11)16(15)19/h1-7,9H,19H2. The minimum Gasteiger partial charge on any atom is -0.455 e. The van der Waals surface area contributed by atoms with Crippen LogP contribution in [0.25, 0.3) is 10.8 Å². The van der Waals surface area contributed by atoms with Gasteiger partial charge in [-0.3, -0.25) is 4.98 Å². The van der Waals surface area contributed by atoms with Crippen molar-refractivity contribution in [1.29, 1.82) is 5.26 Å². The fourth-order valence-electron chi connectivity index (χ4n) is 2.04. The lowest BCUT2D eigenvalue weighted by Gasteiger charge is -2.11. The number of pyridine rings is 1. The van der Waals surface area contributed by atoms with E-state index < -0.39 is 5.82 Å². The fourth-order valence-corrected chi connectivity index (χ4v) is 2.04. The van der Waals surface area contributed by atoms with Crippen molar-refractivity contribution in [3.63, 3.8) is 0 Å². The predicted octanol–water partition coefficient (Wildman–Crippen LogP) is 3.62. The Labute approximate surface area is 120 Å². The van der Waals surface area contributed by atoms with Gasteiger partial charge in [-0.2, -0.15) is 5.26 Å². The number of benzene rings is 2. The van der Waals surface area contributed by atoms with Crippen LogP contribution < -0.4 is 10.5 Å². The lowest BCUT2D eigenvalue weighted by Crippen LogP contribution is -1.94. The molecular formula is C16H10FN3O. The molecule has 0 radical (unpaired) electrons. The second-order valence-corrected chi connectivity index (χ2v) is 4.43. The molecule has 0 aliphatic rings. The molecule has 0 aliphatic carbocycles. The zero-order valence-electron chi connectivity index (χ0n) is 10.9. The summed E-state index contributed by atoms with van der Waals surface area (Å²) in [4.78, 5) is 4.02. The first-order valence-electron chi connectivity index (χ1n) is 6.19. The van der Waals surface area contributed by atoms with Gasteiger partial charge in [0.05, 0.1) is 11.3 Å². The topological polar surface area (TPSA) is 71.9 Å². The minimum absolute atomic E-state index is 0.0279. The number of nitriles is 1. The van der Waals surface area contributed by atoms with Crippen LogP contribution in [0.5, 0.6) is 11.5 Å². The van der Waals surface area contributed by atoms with Crippen molar-refractivity contribution in [3.05, 3.63) is 60.2 Å². The largest absolute Gasteiger partial charge is 0.455 e. The molecule has 3 rings (SSSR count). The van der Waals surface area contributed by atoms with E-state index in [4.69, 9.17) is 15.7 Å². The number of hydrogen-bond donors (Lipinski definition) is 1. The number of nitrogens with zero attached hydrogens (tertiary/aromatic N) is 2. The number of nitrogen functional groups attached to an aromatic ring is 1. The smallest absolute Gasteiger partial charge is 0.150 e. The highest BCUT2D eigenvalue weighted by molar-refractivity contribution is 5.95. The number of aromatic nitrogens is 1. The fraction of sp³-hybridized carbons (Fsp3) is 0. The molecule has 0 bridgehead atoms. The lowest BCUT2D eigenvalue weighted by atomic mass is 10.1. The quantitative estimate of drug-likeness (QED) is 0.727. The van der Waals surface area contributed by atoms with E-state index >= 15 is 0 Å². The Bertz CT molecular complexity index is 871. The molecule has 0 amide bonds. The van der Waals surface area contributed by atoms with Crippen molar-refractivity contribution in [2.75, 3.05) is 5.73 Å². The summed E-state index contributed by atoms with van der Waals surface area (Å²) in [6.07, 6.45) is 3.35. The Hall–Kier alpha value is -3.13. The summed E-state index contributed by atoms with van der Waals surface area (Å²) < 4.78 is 19.2. The molecule has 0 spiro atoms. The highest BCUT2D eigenvalue weighted by atomic mass is 19.1. The summed E-state index contributed by atoms with van der Waals surface area (Å²) in [7, 11) is 0. The molecule has 0 saturated carbocycles. The van der Waals surface area contributed by atoms with Crippen LogP contribution in [-0.2, 0) is 0 Å². The molecule has 0 atom stereocenters. The number of ether oxygens (including phenoxy) is 1. The number of halogens is 1. The molecule has 5 heteroatoms. The van der Waals surface area contributed by atoms with Gasteiger partial charge in [0, 0.05) is 29.2 Å². The average Bonchev–Trinajstić information content (AvgIpc) is 2.51. The van der Waals surface area contributed by atoms with Gasteiger partial charge in [-0.05, 0) is 30.3 Å². The molecule has 4 nitrogen and oxygen atoms in total. The molecule has 1 heterocycles. The molecule has 3 aromatic rings. The van der Waals surface area contributed by atoms with Crippen LogP contribution in [-0.4, -0.2) is 4.98 Å². The zero-order valence-corrected chi connectivity index (χ0v) is 10.9. The van der Waals surface area contributed by atoms with Crippen molar-refractivity contribution in [3.8, 4) is 17.6 Å². The number of hydrogen-bond acceptors (Lipinski definition) is 4. The van der Waals surface area contributed by atoms with E-state index in [1.807, 2.05) is 6.07 Å². The van der Waals surface area contributed by atoms with Gasteiger partial charge < -0.3 is 10.5 Å². The third-order valence-electron chi connectivity index (χ3n) is 3.11. The first-order chi connectivity index (χ1) is 10.2. The number of rotatable bonds is 2. The third-order valence-corrected chi connectivity index (χ3v) is 3.11. The van der Waals surface area contributed by atoms with E-state index in [1.54, 1.807) is 30.6 Å². The molecule has 2 aromatic carbocycles. The third kappa shape index (κ3) is 2.35. The van der Waals surface area contributed by atoms with Crippen LogP contribution in [0.15, 0.2) is 48.8 Å². The second kappa shape index (κ2) is 5.10. The highest BCUT2D eigenvalue weighted by Crippen LogP contribution is 2.33. The van der Waals surface area contributed by atoms with E-state index in [0.717, 1.165) is 16.8 Å². The Balaban J connectivity index is 2.00. The van der Waals surface area contributed by atoms with Crippen molar-refractivity contribution >= 4 is 16.5 Å². The van der Waals surface area contributed by atoms with Crippen LogP contribution >= 0.6 is 0 Å². The molecule has 0 unspecified atom stereocenters. The molecule has 102 valence electrons. The Morgan fingerprint density at radius 3 is 2.81 bits per heavy atom. The maximum absolute atomic E-state index is 13.6. The lowest BCUT2D eigenvalue weighted by molar-refractivity contribution is 0.479. The Kier molecular flexibility index (Phi) is 3.13. The van der Waals surface area contributed by atoms with Gasteiger partial charge in [-0.15, -0.1) is 0 Å². The first-order valence-corrected chi connectivity index (χ1v) is 6.19. The molecule has 0 saturated heterocycles.